The number of carbonyl (C=O) groups is 1. The minimum Gasteiger partial charge on any atom is -1.00 e. The average molecular weight is 374 g/mol. The van der Waals surface area contributed by atoms with Crippen LogP contribution in [-0.2, 0) is 9.53 Å². The SMILES string of the molecule is C[NH+](C)CCOC(=O)C(c1ccc([Si](C)(C)C)cc1)C(C)(C)O.[Cl-]. The Hall–Kier alpha value is -0.883. The number of quaternary nitrogens is 1. The molecule has 0 aliphatic heterocycles. The highest BCUT2D eigenvalue weighted by atomic mass is 35.5. The van der Waals surface area contributed by atoms with Gasteiger partial charge in [0.15, 0.2) is 0 Å². The Bertz CT molecular complexity index is 519. The van der Waals surface area contributed by atoms with Crippen molar-refractivity contribution in [1.82, 2.24) is 0 Å². The van der Waals surface area contributed by atoms with Gasteiger partial charge in [-0.3, -0.25) is 4.79 Å². The second kappa shape index (κ2) is 8.99. The van der Waals surface area contributed by atoms with Crippen LogP contribution in [-0.4, -0.2) is 52.0 Å². The van der Waals surface area contributed by atoms with E-state index in [1.165, 1.54) is 10.1 Å². The Balaban J connectivity index is 0.00000529. The van der Waals surface area contributed by atoms with Gasteiger partial charge in [0, 0.05) is 0 Å². The van der Waals surface area contributed by atoms with Crippen molar-refractivity contribution in [2.24, 2.45) is 0 Å². The summed E-state index contributed by atoms with van der Waals surface area (Å²) in [4.78, 5) is 13.7. The molecule has 0 saturated heterocycles. The number of ether oxygens (including phenoxy) is 1. The number of halogens is 1. The number of aliphatic hydroxyl groups is 1. The van der Waals surface area contributed by atoms with Crippen molar-refractivity contribution in [3.8, 4) is 0 Å². The summed E-state index contributed by atoms with van der Waals surface area (Å²) in [6.45, 7) is 11.3. The first-order valence-corrected chi connectivity index (χ1v) is 11.7. The molecule has 1 rings (SSSR count). The summed E-state index contributed by atoms with van der Waals surface area (Å²) in [5, 5.41) is 11.8. The van der Waals surface area contributed by atoms with Gasteiger partial charge < -0.3 is 27.2 Å². The van der Waals surface area contributed by atoms with Gasteiger partial charge in [0.2, 0.25) is 0 Å². The summed E-state index contributed by atoms with van der Waals surface area (Å²) in [5.74, 6) is -1.03. The van der Waals surface area contributed by atoms with Gasteiger partial charge in [-0.05, 0) is 19.4 Å². The maximum Gasteiger partial charge on any atom is 0.316 e. The molecule has 0 saturated carbocycles. The van der Waals surface area contributed by atoms with Crippen LogP contribution < -0.4 is 22.5 Å². The number of esters is 1. The molecule has 0 radical (unpaired) electrons. The van der Waals surface area contributed by atoms with E-state index < -0.39 is 19.6 Å². The third-order valence-electron chi connectivity index (χ3n) is 3.90. The van der Waals surface area contributed by atoms with Gasteiger partial charge in [0.05, 0.1) is 27.8 Å². The molecular weight excluding hydrogens is 342 g/mol. The lowest BCUT2D eigenvalue weighted by atomic mass is 9.85. The van der Waals surface area contributed by atoms with E-state index in [9.17, 15) is 9.90 Å². The molecule has 1 aromatic rings. The fourth-order valence-electron chi connectivity index (χ4n) is 2.45. The molecule has 0 aliphatic rings. The van der Waals surface area contributed by atoms with Crippen molar-refractivity contribution in [1.29, 1.82) is 0 Å². The standard InChI is InChI=1S/C18H31NO3Si.ClH/c1-18(2,21)16(17(20)22-13-12-19(3)4)14-8-10-15(11-9-14)23(5,6)7;/h8-11,16,21H,12-13H2,1-7H3;1H. The number of nitrogens with one attached hydrogen (secondary N) is 1. The Morgan fingerprint density at radius 3 is 2.08 bits per heavy atom. The molecule has 24 heavy (non-hydrogen) atoms. The van der Waals surface area contributed by atoms with Crippen LogP contribution in [0, 0.1) is 0 Å². The van der Waals surface area contributed by atoms with Crippen LogP contribution in [0.1, 0.15) is 25.3 Å². The van der Waals surface area contributed by atoms with Gasteiger partial charge in [0.25, 0.3) is 0 Å². The fraction of sp³-hybridized carbons (Fsp3) is 0.611. The highest BCUT2D eigenvalue weighted by Gasteiger charge is 2.36. The van der Waals surface area contributed by atoms with Gasteiger partial charge in [-0.25, -0.2) is 0 Å². The van der Waals surface area contributed by atoms with E-state index >= 15 is 0 Å². The van der Waals surface area contributed by atoms with Crippen LogP contribution in [0.4, 0.5) is 0 Å². The molecule has 1 unspecified atom stereocenters. The third-order valence-corrected chi connectivity index (χ3v) is 5.96. The number of hydrogen-bond acceptors (Lipinski definition) is 3. The molecule has 0 amide bonds. The maximum atomic E-state index is 12.5. The minimum atomic E-state index is -1.38. The van der Waals surface area contributed by atoms with Crippen LogP contribution in [0.5, 0.6) is 0 Å². The minimum absolute atomic E-state index is 0. The molecule has 6 heteroatoms. The molecule has 0 spiro atoms. The first-order valence-electron chi connectivity index (χ1n) is 8.21. The van der Waals surface area contributed by atoms with E-state index in [-0.39, 0.29) is 18.4 Å². The van der Waals surface area contributed by atoms with E-state index in [0.717, 1.165) is 12.1 Å². The quantitative estimate of drug-likeness (QED) is 0.420. The lowest BCUT2D eigenvalue weighted by Gasteiger charge is -2.28. The van der Waals surface area contributed by atoms with E-state index in [1.54, 1.807) is 13.8 Å². The topological polar surface area (TPSA) is 51.0 Å². The number of likely N-dealkylation sites (N-methyl/N-ethyl adjacent to an activating group) is 1. The second-order valence-electron chi connectivity index (χ2n) is 8.08. The third kappa shape index (κ3) is 6.93. The van der Waals surface area contributed by atoms with E-state index in [4.69, 9.17) is 4.74 Å². The van der Waals surface area contributed by atoms with Gasteiger partial charge in [0.1, 0.15) is 19.1 Å². The van der Waals surface area contributed by atoms with Crippen LogP contribution in [0.25, 0.3) is 0 Å². The van der Waals surface area contributed by atoms with E-state index in [0.29, 0.717) is 6.61 Å². The van der Waals surface area contributed by atoms with Crippen molar-refractivity contribution in [3.63, 3.8) is 0 Å². The summed E-state index contributed by atoms with van der Waals surface area (Å²) in [7, 11) is 2.64. The van der Waals surface area contributed by atoms with Crippen molar-refractivity contribution in [2.45, 2.75) is 45.0 Å². The largest absolute Gasteiger partial charge is 1.00 e. The zero-order valence-electron chi connectivity index (χ0n) is 15.9. The molecule has 0 bridgehead atoms. The van der Waals surface area contributed by atoms with Crippen LogP contribution in [0.15, 0.2) is 24.3 Å². The predicted octanol–water partition coefficient (Wildman–Crippen LogP) is -2.22. The molecule has 0 heterocycles. The molecule has 1 aromatic carbocycles. The van der Waals surface area contributed by atoms with Gasteiger partial charge in [-0.1, -0.05) is 49.1 Å². The molecule has 2 N–H and O–H groups in total. The normalized spacial score (nSPS) is 13.4. The summed E-state index contributed by atoms with van der Waals surface area (Å²) in [5.41, 5.74) is -0.357. The van der Waals surface area contributed by atoms with Crippen molar-refractivity contribution < 1.29 is 31.9 Å². The second-order valence-corrected chi connectivity index (χ2v) is 13.2. The van der Waals surface area contributed by atoms with Crippen LogP contribution in [0.3, 0.4) is 0 Å². The molecule has 0 aromatic heterocycles. The van der Waals surface area contributed by atoms with E-state index in [1.807, 2.05) is 26.2 Å². The van der Waals surface area contributed by atoms with Crippen LogP contribution in [0.2, 0.25) is 19.6 Å². The van der Waals surface area contributed by atoms with Crippen molar-refractivity contribution >= 4 is 19.2 Å². The zero-order chi connectivity index (χ0) is 17.8. The molecular formula is C18H32ClNO3Si. The average Bonchev–Trinajstić information content (AvgIpc) is 2.36. The Labute approximate surface area is 153 Å². The fourth-order valence-corrected chi connectivity index (χ4v) is 3.61. The van der Waals surface area contributed by atoms with Crippen molar-refractivity contribution in [3.05, 3.63) is 29.8 Å². The molecule has 0 fully saturated rings. The lowest BCUT2D eigenvalue weighted by molar-refractivity contribution is -0.858. The number of rotatable bonds is 7. The maximum absolute atomic E-state index is 12.5. The molecule has 4 nitrogen and oxygen atoms in total. The Kier molecular flexibility index (Phi) is 8.66. The van der Waals surface area contributed by atoms with Gasteiger partial charge >= 0.3 is 5.97 Å². The van der Waals surface area contributed by atoms with E-state index in [2.05, 4.69) is 31.8 Å². The first kappa shape index (κ1) is 23.1. The van der Waals surface area contributed by atoms with Crippen LogP contribution >= 0.6 is 0 Å². The number of hydrogen-bond donors (Lipinski definition) is 2. The molecule has 1 atom stereocenters. The lowest BCUT2D eigenvalue weighted by Crippen LogP contribution is -3.06. The highest BCUT2D eigenvalue weighted by Crippen LogP contribution is 2.29. The number of benzene rings is 1. The Morgan fingerprint density at radius 2 is 1.71 bits per heavy atom. The Morgan fingerprint density at radius 1 is 1.21 bits per heavy atom. The highest BCUT2D eigenvalue weighted by molar-refractivity contribution is 6.88. The molecule has 0 aliphatic carbocycles. The first-order chi connectivity index (χ1) is 10.4. The summed E-state index contributed by atoms with van der Waals surface area (Å²) in [6.07, 6.45) is 0. The predicted molar refractivity (Wildman–Crippen MR) is 97.1 cm³/mol. The zero-order valence-corrected chi connectivity index (χ0v) is 17.7. The summed E-state index contributed by atoms with van der Waals surface area (Å²) in [6, 6.07) is 8.07. The van der Waals surface area contributed by atoms with Gasteiger partial charge in [-0.15, -0.1) is 0 Å². The molecule has 138 valence electrons. The van der Waals surface area contributed by atoms with Gasteiger partial charge in [-0.2, -0.15) is 0 Å². The summed E-state index contributed by atoms with van der Waals surface area (Å²) >= 11 is 0. The smallest absolute Gasteiger partial charge is 0.316 e. The summed E-state index contributed by atoms with van der Waals surface area (Å²) < 4.78 is 5.38. The van der Waals surface area contributed by atoms with Crippen molar-refractivity contribution in [2.75, 3.05) is 27.2 Å². The monoisotopic (exact) mass is 373 g/mol. The number of carbonyl (C=O) groups excluding carboxylic acids is 1.